The van der Waals surface area contributed by atoms with E-state index in [1.165, 1.54) is 0 Å². The molecule has 1 amide bonds. The van der Waals surface area contributed by atoms with Gasteiger partial charge in [-0.1, -0.05) is 42.5 Å². The highest BCUT2D eigenvalue weighted by molar-refractivity contribution is 5.95. The normalized spacial score (nSPS) is 10.9. The molecule has 0 saturated heterocycles. The topological polar surface area (TPSA) is 60.1 Å². The number of amides is 1. The first-order chi connectivity index (χ1) is 12.3. The van der Waals surface area contributed by atoms with Crippen molar-refractivity contribution >= 4 is 22.5 Å². The molecule has 0 radical (unpaired) electrons. The number of aromatic nitrogens is 2. The fourth-order valence-electron chi connectivity index (χ4n) is 2.92. The second-order valence-corrected chi connectivity index (χ2v) is 5.82. The van der Waals surface area contributed by atoms with Crippen molar-refractivity contribution in [1.82, 2.24) is 9.78 Å². The first-order valence-electron chi connectivity index (χ1n) is 8.10. The third kappa shape index (κ3) is 3.30. The lowest BCUT2D eigenvalue weighted by Crippen LogP contribution is -2.18. The van der Waals surface area contributed by atoms with Gasteiger partial charge in [-0.3, -0.25) is 4.79 Å². The summed E-state index contributed by atoms with van der Waals surface area (Å²) in [6, 6.07) is 19.6. The summed E-state index contributed by atoms with van der Waals surface area (Å²) in [6.45, 7) is 0.476. The van der Waals surface area contributed by atoms with Gasteiger partial charge in [-0.25, -0.2) is 4.68 Å². The predicted molar refractivity (Wildman–Crippen MR) is 96.3 cm³/mol. The number of nitrogens with one attached hydrogen (secondary N) is 1. The maximum atomic E-state index is 12.5. The number of furan rings is 1. The molecular formula is C20H17N3O2. The Hall–Kier alpha value is -3.34. The van der Waals surface area contributed by atoms with Crippen molar-refractivity contribution in [3.05, 3.63) is 84.4 Å². The molecule has 4 aromatic rings. The van der Waals surface area contributed by atoms with Crippen molar-refractivity contribution in [2.45, 2.75) is 13.0 Å². The van der Waals surface area contributed by atoms with Crippen molar-refractivity contribution in [3.63, 3.8) is 0 Å². The van der Waals surface area contributed by atoms with Gasteiger partial charge in [0, 0.05) is 6.07 Å². The smallest absolute Gasteiger partial charge is 0.229 e. The van der Waals surface area contributed by atoms with Crippen LogP contribution >= 0.6 is 0 Å². The second-order valence-electron chi connectivity index (χ2n) is 5.82. The molecule has 4 rings (SSSR count). The molecule has 5 nitrogen and oxygen atoms in total. The maximum absolute atomic E-state index is 12.5. The third-order valence-electron chi connectivity index (χ3n) is 4.10. The zero-order valence-electron chi connectivity index (χ0n) is 13.6. The van der Waals surface area contributed by atoms with Gasteiger partial charge in [0.2, 0.25) is 5.91 Å². The zero-order chi connectivity index (χ0) is 17.1. The van der Waals surface area contributed by atoms with E-state index in [4.69, 9.17) is 4.42 Å². The number of hydrogen-bond donors (Lipinski definition) is 1. The standard InChI is InChI=1S/C20H17N3O2/c24-20(13-16-7-3-6-15-5-1-2-9-18(15)16)22-19-10-11-21-23(19)14-17-8-4-12-25-17/h1-12H,13-14H2,(H,22,24). The largest absolute Gasteiger partial charge is 0.467 e. The van der Waals surface area contributed by atoms with Crippen LogP contribution in [0, 0.1) is 0 Å². The Morgan fingerprint density at radius 2 is 1.92 bits per heavy atom. The van der Waals surface area contributed by atoms with Gasteiger partial charge in [0.05, 0.1) is 18.9 Å². The molecule has 0 spiro atoms. The third-order valence-corrected chi connectivity index (χ3v) is 4.10. The lowest BCUT2D eigenvalue weighted by Gasteiger charge is -2.09. The predicted octanol–water partition coefficient (Wildman–Crippen LogP) is 3.86. The molecule has 0 fully saturated rings. The molecule has 0 unspecified atom stereocenters. The summed E-state index contributed by atoms with van der Waals surface area (Å²) in [4.78, 5) is 12.5. The quantitative estimate of drug-likeness (QED) is 0.604. The van der Waals surface area contributed by atoms with E-state index < -0.39 is 0 Å². The number of fused-ring (bicyclic) bond motifs is 1. The molecule has 0 aliphatic heterocycles. The molecule has 2 heterocycles. The van der Waals surface area contributed by atoms with Crippen LogP contribution < -0.4 is 5.32 Å². The Kier molecular flexibility index (Phi) is 4.04. The summed E-state index contributed by atoms with van der Waals surface area (Å²) < 4.78 is 7.05. The fraction of sp³-hybridized carbons (Fsp3) is 0.100. The number of carbonyl (C=O) groups excluding carboxylic acids is 1. The number of nitrogens with zero attached hydrogens (tertiary/aromatic N) is 2. The van der Waals surface area contributed by atoms with Crippen LogP contribution in [0.2, 0.25) is 0 Å². The lowest BCUT2D eigenvalue weighted by molar-refractivity contribution is -0.115. The Balaban J connectivity index is 1.50. The lowest BCUT2D eigenvalue weighted by atomic mass is 10.0. The second kappa shape index (κ2) is 6.65. The molecule has 1 N–H and O–H groups in total. The van der Waals surface area contributed by atoms with E-state index in [0.29, 0.717) is 18.8 Å². The van der Waals surface area contributed by atoms with Crippen molar-refractivity contribution in [3.8, 4) is 0 Å². The number of rotatable bonds is 5. The highest BCUT2D eigenvalue weighted by Crippen LogP contribution is 2.19. The first-order valence-corrected chi connectivity index (χ1v) is 8.10. The molecule has 2 aromatic heterocycles. The van der Waals surface area contributed by atoms with Crippen molar-refractivity contribution in [2.75, 3.05) is 5.32 Å². The summed E-state index contributed by atoms with van der Waals surface area (Å²) >= 11 is 0. The summed E-state index contributed by atoms with van der Waals surface area (Å²) in [6.07, 6.45) is 3.60. The van der Waals surface area contributed by atoms with Crippen LogP contribution in [0.25, 0.3) is 10.8 Å². The number of carbonyl (C=O) groups is 1. The molecule has 0 saturated carbocycles. The molecule has 124 valence electrons. The minimum Gasteiger partial charge on any atom is -0.467 e. The van der Waals surface area contributed by atoms with E-state index in [0.717, 1.165) is 22.1 Å². The SMILES string of the molecule is O=C(Cc1cccc2ccccc12)Nc1ccnn1Cc1ccco1. The molecule has 0 aliphatic rings. The summed E-state index contributed by atoms with van der Waals surface area (Å²) in [5.74, 6) is 1.37. The van der Waals surface area contributed by atoms with Crippen LogP contribution in [-0.2, 0) is 17.8 Å². The Labute approximate surface area is 144 Å². The molecule has 25 heavy (non-hydrogen) atoms. The zero-order valence-corrected chi connectivity index (χ0v) is 13.6. The number of hydrogen-bond acceptors (Lipinski definition) is 3. The van der Waals surface area contributed by atoms with E-state index in [1.54, 1.807) is 23.2 Å². The van der Waals surface area contributed by atoms with Crippen molar-refractivity contribution < 1.29 is 9.21 Å². The van der Waals surface area contributed by atoms with E-state index in [2.05, 4.69) is 22.5 Å². The average molecular weight is 331 g/mol. The van der Waals surface area contributed by atoms with Crippen LogP contribution in [-0.4, -0.2) is 15.7 Å². The highest BCUT2D eigenvalue weighted by atomic mass is 16.3. The number of benzene rings is 2. The van der Waals surface area contributed by atoms with Gasteiger partial charge < -0.3 is 9.73 Å². The molecule has 0 aliphatic carbocycles. The molecule has 0 bridgehead atoms. The molecular weight excluding hydrogens is 314 g/mol. The van der Waals surface area contributed by atoms with Gasteiger partial charge in [-0.15, -0.1) is 0 Å². The Bertz CT molecular complexity index is 997. The van der Waals surface area contributed by atoms with Crippen LogP contribution in [0.5, 0.6) is 0 Å². The fourth-order valence-corrected chi connectivity index (χ4v) is 2.92. The minimum absolute atomic E-state index is 0.0717. The average Bonchev–Trinajstić information content (AvgIpc) is 3.28. The Morgan fingerprint density at radius 3 is 2.80 bits per heavy atom. The van der Waals surface area contributed by atoms with Crippen molar-refractivity contribution in [2.24, 2.45) is 0 Å². The minimum atomic E-state index is -0.0717. The van der Waals surface area contributed by atoms with E-state index >= 15 is 0 Å². The summed E-state index contributed by atoms with van der Waals surface area (Å²) in [5, 5.41) is 9.42. The first kappa shape index (κ1) is 15.2. The summed E-state index contributed by atoms with van der Waals surface area (Å²) in [5.41, 5.74) is 1.01. The van der Waals surface area contributed by atoms with Crippen LogP contribution in [0.1, 0.15) is 11.3 Å². The summed E-state index contributed by atoms with van der Waals surface area (Å²) in [7, 11) is 0. The van der Waals surface area contributed by atoms with Crippen LogP contribution in [0.3, 0.4) is 0 Å². The van der Waals surface area contributed by atoms with Gasteiger partial charge in [-0.2, -0.15) is 5.10 Å². The van der Waals surface area contributed by atoms with Gasteiger partial charge in [0.1, 0.15) is 18.1 Å². The van der Waals surface area contributed by atoms with E-state index in [-0.39, 0.29) is 5.91 Å². The highest BCUT2D eigenvalue weighted by Gasteiger charge is 2.11. The molecule has 5 heteroatoms. The van der Waals surface area contributed by atoms with Gasteiger partial charge >= 0.3 is 0 Å². The van der Waals surface area contributed by atoms with E-state index in [1.807, 2.05) is 42.5 Å². The monoisotopic (exact) mass is 331 g/mol. The molecule has 0 atom stereocenters. The maximum Gasteiger partial charge on any atom is 0.229 e. The van der Waals surface area contributed by atoms with Crippen molar-refractivity contribution in [1.29, 1.82) is 0 Å². The van der Waals surface area contributed by atoms with E-state index in [9.17, 15) is 4.79 Å². The van der Waals surface area contributed by atoms with Crippen LogP contribution in [0.4, 0.5) is 5.82 Å². The van der Waals surface area contributed by atoms with Gasteiger partial charge in [0.15, 0.2) is 0 Å². The molecule has 2 aromatic carbocycles. The Morgan fingerprint density at radius 1 is 1.04 bits per heavy atom. The van der Waals surface area contributed by atoms with Gasteiger partial charge in [-0.05, 0) is 28.5 Å². The number of anilines is 1. The van der Waals surface area contributed by atoms with Crippen LogP contribution in [0.15, 0.2) is 77.5 Å². The van der Waals surface area contributed by atoms with Gasteiger partial charge in [0.25, 0.3) is 0 Å².